The van der Waals surface area contributed by atoms with Crippen LogP contribution in [0.1, 0.15) is 29.5 Å². The van der Waals surface area contributed by atoms with Gasteiger partial charge in [-0.05, 0) is 38.1 Å². The lowest BCUT2D eigenvalue weighted by Crippen LogP contribution is -2.21. The fourth-order valence-electron chi connectivity index (χ4n) is 3.14. The van der Waals surface area contributed by atoms with Gasteiger partial charge < -0.3 is 24.6 Å². The number of phosphoric ester groups is 1. The maximum Gasteiger partial charge on any atom is 0.469 e. The summed E-state index contributed by atoms with van der Waals surface area (Å²) in [6, 6.07) is 5.43. The van der Waals surface area contributed by atoms with Crippen LogP contribution in [0.5, 0.6) is 11.5 Å². The molecule has 16 heteroatoms. The topological polar surface area (TPSA) is 123 Å². The van der Waals surface area contributed by atoms with Gasteiger partial charge in [-0.25, -0.2) is 13.3 Å². The lowest BCUT2D eigenvalue weighted by molar-refractivity contribution is -0.138. The number of nitrogens with one attached hydrogen (secondary N) is 1. The minimum Gasteiger partial charge on any atom is -0.493 e. The van der Waals surface area contributed by atoms with Crippen LogP contribution in [0, 0.1) is 11.6 Å². The molecular formula is C22H23F5N3O6PS. The van der Waals surface area contributed by atoms with E-state index >= 15 is 0 Å². The lowest BCUT2D eigenvalue weighted by atomic mass is 10.1. The Labute approximate surface area is 217 Å². The van der Waals surface area contributed by atoms with Gasteiger partial charge in [0.15, 0.2) is 0 Å². The molecule has 0 aliphatic carbocycles. The highest BCUT2D eigenvalue weighted by Crippen LogP contribution is 2.40. The molecule has 3 N–H and O–H groups in total. The Morgan fingerprint density at radius 2 is 1.68 bits per heavy atom. The molecule has 0 spiro atoms. The smallest absolute Gasteiger partial charge is 0.469 e. The van der Waals surface area contributed by atoms with Crippen LogP contribution in [0.15, 0.2) is 36.4 Å². The van der Waals surface area contributed by atoms with Crippen molar-refractivity contribution in [2.75, 3.05) is 26.9 Å². The monoisotopic (exact) mass is 583 g/mol. The number of benzene rings is 2. The minimum atomic E-state index is -4.73. The summed E-state index contributed by atoms with van der Waals surface area (Å²) in [5.41, 5.74) is -0.900. The Hall–Kier alpha value is -2.68. The van der Waals surface area contributed by atoms with E-state index in [9.17, 15) is 26.5 Å². The third-order valence-corrected chi connectivity index (χ3v) is 6.50. The molecule has 3 rings (SSSR count). The van der Waals surface area contributed by atoms with E-state index in [0.29, 0.717) is 18.9 Å². The van der Waals surface area contributed by atoms with Crippen molar-refractivity contribution in [2.24, 2.45) is 0 Å². The van der Waals surface area contributed by atoms with Gasteiger partial charge in [-0.3, -0.25) is 4.52 Å². The van der Waals surface area contributed by atoms with Crippen LogP contribution >= 0.6 is 19.2 Å². The van der Waals surface area contributed by atoms with Gasteiger partial charge in [0.05, 0.1) is 31.4 Å². The van der Waals surface area contributed by atoms with Crippen molar-refractivity contribution < 1.29 is 50.3 Å². The quantitative estimate of drug-likeness (QED) is 0.143. The first-order valence-corrected chi connectivity index (χ1v) is 13.3. The van der Waals surface area contributed by atoms with E-state index in [0.717, 1.165) is 35.6 Å². The number of hydrogen-bond donors (Lipinski definition) is 3. The van der Waals surface area contributed by atoms with Crippen molar-refractivity contribution >= 4 is 19.2 Å². The van der Waals surface area contributed by atoms with E-state index in [1.807, 2.05) is 0 Å². The molecule has 2 aromatic carbocycles. The second kappa shape index (κ2) is 12.9. The van der Waals surface area contributed by atoms with Crippen LogP contribution in [-0.4, -0.2) is 46.9 Å². The lowest BCUT2D eigenvalue weighted by Gasteiger charge is -2.15. The first kappa shape index (κ1) is 29.9. The van der Waals surface area contributed by atoms with Crippen LogP contribution < -0.4 is 14.8 Å². The number of ether oxygens (including phenoxy) is 2. The second-order valence-corrected chi connectivity index (χ2v) is 10.0. The Morgan fingerprint density at radius 1 is 1.03 bits per heavy atom. The van der Waals surface area contributed by atoms with E-state index in [1.54, 1.807) is 0 Å². The standard InChI is InChI=1S/C22H23F5N3O6PS/c1-28-18(12-36-37(31,32)33)21-30-29-20(38-21)13-4-5-19(17(8-13)22(25,26)27)35-7-3-2-6-34-16-10-14(23)9-15(24)11-16/h4-5,8-11,18,28H,2-3,6-7,12H2,1H3,(H2,31,32,33)/t18-/m0/s1. The molecule has 0 saturated carbocycles. The maximum absolute atomic E-state index is 13.7. The number of halogens is 5. The van der Waals surface area contributed by atoms with Gasteiger partial charge in [-0.15, -0.1) is 10.2 Å². The highest BCUT2D eigenvalue weighted by molar-refractivity contribution is 7.46. The molecule has 38 heavy (non-hydrogen) atoms. The fourth-order valence-corrected chi connectivity index (χ4v) is 4.42. The Morgan fingerprint density at radius 3 is 2.29 bits per heavy atom. The zero-order valence-corrected chi connectivity index (χ0v) is 21.5. The molecule has 0 saturated heterocycles. The summed E-state index contributed by atoms with van der Waals surface area (Å²) < 4.78 is 93.5. The first-order valence-electron chi connectivity index (χ1n) is 11.0. The molecule has 0 unspecified atom stereocenters. The number of alkyl halides is 3. The third kappa shape index (κ3) is 8.96. The molecule has 1 atom stereocenters. The van der Waals surface area contributed by atoms with Crippen LogP contribution in [0.25, 0.3) is 10.6 Å². The predicted molar refractivity (Wildman–Crippen MR) is 127 cm³/mol. The van der Waals surface area contributed by atoms with Crippen LogP contribution in [-0.2, 0) is 15.3 Å². The molecule has 1 aromatic heterocycles. The maximum atomic E-state index is 13.7. The van der Waals surface area contributed by atoms with Gasteiger partial charge in [-0.2, -0.15) is 13.2 Å². The number of unbranched alkanes of at least 4 members (excludes halogenated alkanes) is 1. The molecule has 0 aliphatic rings. The van der Waals surface area contributed by atoms with E-state index in [2.05, 4.69) is 20.0 Å². The van der Waals surface area contributed by atoms with Gasteiger partial charge >= 0.3 is 14.0 Å². The highest BCUT2D eigenvalue weighted by atomic mass is 32.1. The van der Waals surface area contributed by atoms with Gasteiger partial charge in [0.2, 0.25) is 0 Å². The van der Waals surface area contributed by atoms with Gasteiger partial charge in [0.1, 0.15) is 33.1 Å². The molecule has 208 valence electrons. The summed E-state index contributed by atoms with van der Waals surface area (Å²) in [7, 11) is -3.23. The van der Waals surface area contributed by atoms with E-state index in [4.69, 9.17) is 19.3 Å². The van der Waals surface area contributed by atoms with Crippen molar-refractivity contribution in [1.29, 1.82) is 0 Å². The molecule has 0 bridgehead atoms. The predicted octanol–water partition coefficient (Wildman–Crippen LogP) is 5.11. The Kier molecular flexibility index (Phi) is 10.2. The zero-order valence-electron chi connectivity index (χ0n) is 19.7. The Bertz CT molecular complexity index is 1250. The number of rotatable bonds is 13. The SMILES string of the molecule is CN[C@@H](COP(=O)(O)O)c1nnc(-c2ccc(OCCCCOc3cc(F)cc(F)c3)c(C(F)(F)F)c2)s1. The second-order valence-electron chi connectivity index (χ2n) is 7.79. The molecule has 0 fully saturated rings. The Balaban J connectivity index is 1.61. The summed E-state index contributed by atoms with van der Waals surface area (Å²) >= 11 is 0.935. The largest absolute Gasteiger partial charge is 0.493 e. The fraction of sp³-hybridized carbons (Fsp3) is 0.364. The first-order chi connectivity index (χ1) is 17.9. The van der Waals surface area contributed by atoms with Gasteiger partial charge in [0, 0.05) is 23.8 Å². The molecule has 9 nitrogen and oxygen atoms in total. The van der Waals surface area contributed by atoms with Crippen LogP contribution in [0.4, 0.5) is 22.0 Å². The normalized spacial score (nSPS) is 12.9. The summed E-state index contributed by atoms with van der Waals surface area (Å²) in [6.45, 7) is -0.403. The van der Waals surface area contributed by atoms with Gasteiger partial charge in [0.25, 0.3) is 0 Å². The molecule has 0 radical (unpaired) electrons. The summed E-state index contributed by atoms with van der Waals surface area (Å²) in [6.07, 6.45) is -4.05. The highest BCUT2D eigenvalue weighted by Gasteiger charge is 2.35. The van der Waals surface area contributed by atoms with Crippen molar-refractivity contribution in [3.8, 4) is 22.1 Å². The average molecular weight is 583 g/mol. The van der Waals surface area contributed by atoms with E-state index in [-0.39, 0.29) is 40.3 Å². The van der Waals surface area contributed by atoms with Crippen LogP contribution in [0.3, 0.4) is 0 Å². The summed E-state index contributed by atoms with van der Waals surface area (Å²) in [4.78, 5) is 17.7. The van der Waals surface area contributed by atoms with E-state index < -0.39 is 43.8 Å². The molecule has 3 aromatic rings. The molecular weight excluding hydrogens is 560 g/mol. The number of hydrogen-bond acceptors (Lipinski definition) is 8. The third-order valence-electron chi connectivity index (χ3n) is 4.93. The minimum absolute atomic E-state index is 0.00792. The number of phosphoric acid groups is 1. The average Bonchev–Trinajstić information content (AvgIpc) is 3.30. The number of nitrogens with zero attached hydrogens (tertiary/aromatic N) is 2. The summed E-state index contributed by atoms with van der Waals surface area (Å²) in [5, 5.41) is 10.9. The molecule has 0 aliphatic heterocycles. The molecule has 1 heterocycles. The van der Waals surface area contributed by atoms with Crippen molar-refractivity contribution in [3.05, 3.63) is 58.6 Å². The van der Waals surface area contributed by atoms with E-state index in [1.165, 1.54) is 13.1 Å². The van der Waals surface area contributed by atoms with Gasteiger partial charge in [-0.1, -0.05) is 11.3 Å². The summed E-state index contributed by atoms with van der Waals surface area (Å²) in [5.74, 6) is -1.95. The number of aromatic nitrogens is 2. The van der Waals surface area contributed by atoms with Crippen molar-refractivity contribution in [3.63, 3.8) is 0 Å². The number of likely N-dealkylation sites (N-methyl/N-ethyl adjacent to an activating group) is 1. The zero-order chi connectivity index (χ0) is 27.9. The van der Waals surface area contributed by atoms with Crippen molar-refractivity contribution in [1.82, 2.24) is 15.5 Å². The van der Waals surface area contributed by atoms with Crippen molar-refractivity contribution in [2.45, 2.75) is 25.1 Å². The van der Waals surface area contributed by atoms with Crippen LogP contribution in [0.2, 0.25) is 0 Å². The molecule has 0 amide bonds.